The van der Waals surface area contributed by atoms with Crippen LogP contribution in [-0.4, -0.2) is 23.9 Å². The van der Waals surface area contributed by atoms with Crippen LogP contribution in [0.15, 0.2) is 18.2 Å². The van der Waals surface area contributed by atoms with E-state index in [2.05, 4.69) is 0 Å². The van der Waals surface area contributed by atoms with E-state index >= 15 is 0 Å². The Hall–Kier alpha value is -1.62. The monoisotopic (exact) mass is 292 g/mol. The number of nitrogens with two attached hydrogens (primary N) is 1. The number of thiophene rings is 1. The third-order valence-electron chi connectivity index (χ3n) is 3.78. The van der Waals surface area contributed by atoms with Crippen LogP contribution in [0.1, 0.15) is 35.4 Å². The van der Waals surface area contributed by atoms with E-state index in [-0.39, 0.29) is 11.7 Å². The van der Waals surface area contributed by atoms with Gasteiger partial charge in [-0.3, -0.25) is 4.79 Å². The number of halogens is 1. The molecule has 3 nitrogen and oxygen atoms in total. The van der Waals surface area contributed by atoms with Crippen molar-refractivity contribution in [3.05, 3.63) is 28.9 Å². The van der Waals surface area contributed by atoms with Crippen molar-refractivity contribution in [2.24, 2.45) is 0 Å². The van der Waals surface area contributed by atoms with Crippen LogP contribution in [0.3, 0.4) is 0 Å². The first kappa shape index (κ1) is 13.4. The van der Waals surface area contributed by atoms with E-state index in [1.165, 1.54) is 36.3 Å². The molecule has 0 spiro atoms. The van der Waals surface area contributed by atoms with Crippen LogP contribution in [0.5, 0.6) is 0 Å². The maximum absolute atomic E-state index is 13.3. The van der Waals surface area contributed by atoms with Crippen LogP contribution in [0.2, 0.25) is 0 Å². The lowest BCUT2D eigenvalue weighted by atomic mass is 10.2. The Labute approximate surface area is 121 Å². The van der Waals surface area contributed by atoms with Crippen LogP contribution in [0, 0.1) is 5.82 Å². The zero-order chi connectivity index (χ0) is 14.1. The number of nitrogen functional groups attached to an aromatic ring is 1. The summed E-state index contributed by atoms with van der Waals surface area (Å²) in [6.07, 6.45) is 4.45. The Balaban J connectivity index is 1.96. The predicted molar refractivity (Wildman–Crippen MR) is 80.6 cm³/mol. The molecular formula is C15H17FN2OS. The first-order chi connectivity index (χ1) is 9.66. The Morgan fingerprint density at radius 1 is 1.20 bits per heavy atom. The fourth-order valence-corrected chi connectivity index (χ4v) is 3.74. The summed E-state index contributed by atoms with van der Waals surface area (Å²) in [5.41, 5.74) is 6.47. The molecule has 1 aromatic carbocycles. The van der Waals surface area contributed by atoms with Gasteiger partial charge in [-0.1, -0.05) is 12.8 Å². The van der Waals surface area contributed by atoms with E-state index in [1.807, 2.05) is 4.90 Å². The summed E-state index contributed by atoms with van der Waals surface area (Å²) in [7, 11) is 0. The summed E-state index contributed by atoms with van der Waals surface area (Å²) < 4.78 is 14.2. The van der Waals surface area contributed by atoms with Crippen molar-refractivity contribution < 1.29 is 9.18 Å². The molecule has 1 fully saturated rings. The van der Waals surface area contributed by atoms with Gasteiger partial charge in [0.05, 0.1) is 5.69 Å². The number of amides is 1. The van der Waals surface area contributed by atoms with E-state index < -0.39 is 0 Å². The van der Waals surface area contributed by atoms with Gasteiger partial charge in [0.15, 0.2) is 0 Å². The molecule has 2 aromatic rings. The lowest BCUT2D eigenvalue weighted by molar-refractivity contribution is 0.0767. The van der Waals surface area contributed by atoms with Gasteiger partial charge in [-0.25, -0.2) is 4.39 Å². The largest absolute Gasteiger partial charge is 0.397 e. The highest BCUT2D eigenvalue weighted by molar-refractivity contribution is 7.21. The molecule has 0 aliphatic carbocycles. The first-order valence-electron chi connectivity index (χ1n) is 6.93. The van der Waals surface area contributed by atoms with Crippen molar-refractivity contribution in [3.8, 4) is 0 Å². The lowest BCUT2D eigenvalue weighted by Crippen LogP contribution is -2.31. The third kappa shape index (κ3) is 2.38. The summed E-state index contributed by atoms with van der Waals surface area (Å²) >= 11 is 1.36. The third-order valence-corrected chi connectivity index (χ3v) is 4.95. The number of carbonyl (C=O) groups excluding carboxylic acids is 1. The average Bonchev–Trinajstić information content (AvgIpc) is 2.66. The molecule has 0 bridgehead atoms. The van der Waals surface area contributed by atoms with Gasteiger partial charge in [0, 0.05) is 23.2 Å². The molecule has 0 atom stereocenters. The fourth-order valence-electron chi connectivity index (χ4n) is 2.67. The second-order valence-electron chi connectivity index (χ2n) is 5.19. The predicted octanol–water partition coefficient (Wildman–Crippen LogP) is 3.64. The number of nitrogens with zero attached hydrogens (tertiary/aromatic N) is 1. The van der Waals surface area contributed by atoms with Crippen LogP contribution < -0.4 is 5.73 Å². The molecule has 20 heavy (non-hydrogen) atoms. The molecule has 0 saturated carbocycles. The number of rotatable bonds is 1. The Bertz CT molecular complexity index is 645. The number of anilines is 1. The smallest absolute Gasteiger partial charge is 0.266 e. The molecule has 1 aromatic heterocycles. The van der Waals surface area contributed by atoms with E-state index in [4.69, 9.17) is 5.73 Å². The highest BCUT2D eigenvalue weighted by Crippen LogP contribution is 2.35. The van der Waals surface area contributed by atoms with Crippen LogP contribution >= 0.6 is 11.3 Å². The summed E-state index contributed by atoms with van der Waals surface area (Å²) in [6, 6.07) is 4.49. The van der Waals surface area contributed by atoms with Crippen molar-refractivity contribution >= 4 is 33.0 Å². The fraction of sp³-hybridized carbons (Fsp3) is 0.400. The van der Waals surface area contributed by atoms with Gasteiger partial charge in [0.1, 0.15) is 10.7 Å². The molecule has 2 N–H and O–H groups in total. The van der Waals surface area contributed by atoms with Crippen molar-refractivity contribution in [3.63, 3.8) is 0 Å². The zero-order valence-electron chi connectivity index (χ0n) is 11.2. The summed E-state index contributed by atoms with van der Waals surface area (Å²) in [5, 5.41) is 0.646. The highest BCUT2D eigenvalue weighted by Gasteiger charge is 2.22. The molecule has 0 unspecified atom stereocenters. The van der Waals surface area contributed by atoms with Gasteiger partial charge < -0.3 is 10.6 Å². The van der Waals surface area contributed by atoms with Gasteiger partial charge in [0.2, 0.25) is 0 Å². The van der Waals surface area contributed by atoms with Crippen LogP contribution in [-0.2, 0) is 0 Å². The maximum atomic E-state index is 13.3. The van der Waals surface area contributed by atoms with Gasteiger partial charge >= 0.3 is 0 Å². The molecule has 1 amide bonds. The number of fused-ring (bicyclic) bond motifs is 1. The van der Waals surface area contributed by atoms with Gasteiger partial charge in [0.25, 0.3) is 5.91 Å². The number of likely N-dealkylation sites (tertiary alicyclic amines) is 1. The quantitative estimate of drug-likeness (QED) is 0.872. The lowest BCUT2D eigenvalue weighted by Gasteiger charge is -2.19. The normalized spacial score (nSPS) is 16.4. The number of hydrogen-bond acceptors (Lipinski definition) is 3. The molecule has 3 rings (SSSR count). The molecule has 1 aliphatic heterocycles. The van der Waals surface area contributed by atoms with Crippen molar-refractivity contribution in [1.82, 2.24) is 4.90 Å². The van der Waals surface area contributed by atoms with Crippen LogP contribution in [0.4, 0.5) is 10.1 Å². The minimum atomic E-state index is -0.323. The standard InChI is InChI=1S/C15H17FN2OS/c16-10-5-6-12-11(9-10)13(17)14(20-12)15(19)18-7-3-1-2-4-8-18/h5-6,9H,1-4,7-8,17H2. The topological polar surface area (TPSA) is 46.3 Å². The van der Waals surface area contributed by atoms with E-state index in [9.17, 15) is 9.18 Å². The molecule has 0 radical (unpaired) electrons. The molecule has 1 saturated heterocycles. The maximum Gasteiger partial charge on any atom is 0.266 e. The van der Waals surface area contributed by atoms with Crippen molar-refractivity contribution in [2.75, 3.05) is 18.8 Å². The highest BCUT2D eigenvalue weighted by atomic mass is 32.1. The van der Waals surface area contributed by atoms with E-state index in [0.29, 0.717) is 16.0 Å². The minimum Gasteiger partial charge on any atom is -0.397 e. The van der Waals surface area contributed by atoms with Gasteiger partial charge in [-0.15, -0.1) is 11.3 Å². The Kier molecular flexibility index (Phi) is 3.61. The van der Waals surface area contributed by atoms with Crippen molar-refractivity contribution in [2.45, 2.75) is 25.7 Å². The molecule has 5 heteroatoms. The Morgan fingerprint density at radius 2 is 1.90 bits per heavy atom. The first-order valence-corrected chi connectivity index (χ1v) is 7.75. The average molecular weight is 292 g/mol. The summed E-state index contributed by atoms with van der Waals surface area (Å²) in [5.74, 6) is -0.332. The van der Waals surface area contributed by atoms with Crippen LogP contribution in [0.25, 0.3) is 10.1 Å². The number of hydrogen-bond donors (Lipinski definition) is 1. The Morgan fingerprint density at radius 3 is 2.60 bits per heavy atom. The summed E-state index contributed by atoms with van der Waals surface area (Å²) in [6.45, 7) is 1.59. The molecule has 106 valence electrons. The number of carbonyl (C=O) groups is 1. The number of benzene rings is 1. The molecule has 2 heterocycles. The molecule has 1 aliphatic rings. The van der Waals surface area contributed by atoms with Gasteiger partial charge in [-0.2, -0.15) is 0 Å². The van der Waals surface area contributed by atoms with Gasteiger partial charge in [-0.05, 0) is 31.0 Å². The molecular weight excluding hydrogens is 275 g/mol. The summed E-state index contributed by atoms with van der Waals surface area (Å²) in [4.78, 5) is 15.0. The van der Waals surface area contributed by atoms with E-state index in [1.54, 1.807) is 6.07 Å². The van der Waals surface area contributed by atoms with E-state index in [0.717, 1.165) is 30.6 Å². The second kappa shape index (κ2) is 5.40. The zero-order valence-corrected chi connectivity index (χ0v) is 12.0. The minimum absolute atomic E-state index is 0.00833. The SMILES string of the molecule is Nc1c(C(=O)N2CCCCCC2)sc2ccc(F)cc12. The van der Waals surface area contributed by atoms with Crippen molar-refractivity contribution in [1.29, 1.82) is 0 Å². The second-order valence-corrected chi connectivity index (χ2v) is 6.24.